The van der Waals surface area contributed by atoms with Gasteiger partial charge in [0.1, 0.15) is 5.69 Å². The number of hydrogen-bond donors (Lipinski definition) is 0. The molecule has 67 heavy (non-hydrogen) atoms. The quantitative estimate of drug-likeness (QED) is 0.158. The molecule has 0 aliphatic heterocycles. The van der Waals surface area contributed by atoms with Crippen LogP contribution in [0.4, 0.5) is 0 Å². The second-order valence-electron chi connectivity index (χ2n) is 18.6. The minimum atomic E-state index is -0.124. The fraction of sp³-hybridized carbons (Fsp3) is 0.0476. The molecule has 0 saturated heterocycles. The molecule has 0 atom stereocenters. The molecule has 0 saturated carbocycles. The third-order valence-corrected chi connectivity index (χ3v) is 14.6. The number of hydrogen-bond acceptors (Lipinski definition) is 1. The van der Waals surface area contributed by atoms with Crippen LogP contribution >= 0.6 is 0 Å². The second kappa shape index (κ2) is 14.2. The highest BCUT2D eigenvalue weighted by Crippen LogP contribution is 2.49. The standard InChI is InChI=1S/C63H43N4/c1-63(2)55-23-13-11-21-49(55)50-33-32-46(36-56(50)63)65-39-44-29-31-47(35-52(44)62(64-65)43-27-25-41(26-28-43)40-15-5-3-6-16-40)67-57-24-14-12-22-51(57)53-37-54-60(38-59(53)67)66(45-18-7-4-8-19-45)58-34-30-42-17-9-10-20-48(42)61(54)58/h3-39H,1-2H3/q+1. The lowest BCUT2D eigenvalue weighted by Crippen LogP contribution is -2.35. The van der Waals surface area contributed by atoms with Crippen molar-refractivity contribution < 1.29 is 4.68 Å². The summed E-state index contributed by atoms with van der Waals surface area (Å²) in [6, 6.07) is 79.9. The Labute approximate surface area is 387 Å². The molecule has 1 aliphatic rings. The third kappa shape index (κ3) is 5.60. The van der Waals surface area contributed by atoms with E-state index in [-0.39, 0.29) is 5.41 Å². The van der Waals surface area contributed by atoms with Gasteiger partial charge in [0.25, 0.3) is 0 Å². The maximum Gasteiger partial charge on any atom is 0.238 e. The van der Waals surface area contributed by atoms with Crippen molar-refractivity contribution in [2.75, 3.05) is 0 Å². The van der Waals surface area contributed by atoms with Gasteiger partial charge in [0, 0.05) is 66.5 Å². The fourth-order valence-corrected chi connectivity index (χ4v) is 11.3. The van der Waals surface area contributed by atoms with E-state index in [0.29, 0.717) is 0 Å². The number of nitrogens with zero attached hydrogens (tertiary/aromatic N) is 4. The first-order valence-electron chi connectivity index (χ1n) is 23.2. The maximum atomic E-state index is 5.55. The zero-order valence-electron chi connectivity index (χ0n) is 37.2. The normalized spacial score (nSPS) is 13.0. The van der Waals surface area contributed by atoms with Crippen molar-refractivity contribution >= 4 is 65.2 Å². The Hall–Kier alpha value is -8.60. The van der Waals surface area contributed by atoms with Crippen LogP contribution in [-0.2, 0) is 5.41 Å². The van der Waals surface area contributed by atoms with E-state index in [9.17, 15) is 0 Å². The Bertz CT molecular complexity index is 4160. The molecule has 13 aromatic rings. The van der Waals surface area contributed by atoms with Gasteiger partial charge in [0.2, 0.25) is 11.9 Å². The molecule has 0 amide bonds. The van der Waals surface area contributed by atoms with Crippen LogP contribution in [0.5, 0.6) is 0 Å². The van der Waals surface area contributed by atoms with Crippen LogP contribution in [0.2, 0.25) is 0 Å². The Morgan fingerprint density at radius 2 is 1.04 bits per heavy atom. The Balaban J connectivity index is 1.01. The first-order chi connectivity index (χ1) is 33.0. The van der Waals surface area contributed by atoms with E-state index >= 15 is 0 Å². The summed E-state index contributed by atoms with van der Waals surface area (Å²) in [5.74, 6) is 0. The van der Waals surface area contributed by atoms with Crippen LogP contribution in [0.25, 0.3) is 116 Å². The molecule has 1 aliphatic carbocycles. The first-order valence-corrected chi connectivity index (χ1v) is 23.2. The molecule has 3 aromatic heterocycles. The summed E-state index contributed by atoms with van der Waals surface area (Å²) in [7, 11) is 0. The number of fused-ring (bicyclic) bond motifs is 12. The summed E-state index contributed by atoms with van der Waals surface area (Å²) in [5.41, 5.74) is 17.5. The van der Waals surface area contributed by atoms with Gasteiger partial charge in [-0.15, -0.1) is 0 Å². The van der Waals surface area contributed by atoms with Crippen molar-refractivity contribution in [1.82, 2.24) is 14.2 Å². The van der Waals surface area contributed by atoms with E-state index < -0.39 is 0 Å². The SMILES string of the molecule is CC1(C)c2ccccc2-c2ccc(-[n+]3cc4ccc(-n5c6ccccc6c6cc7c8c9ccccc9ccc8n(-c8ccccc8)c7cc65)cc4c(-c4ccc(-c5ccccc5)cc4)n3)cc21. The van der Waals surface area contributed by atoms with Crippen molar-refractivity contribution in [3.8, 4) is 50.6 Å². The van der Waals surface area contributed by atoms with Crippen LogP contribution in [0.15, 0.2) is 225 Å². The van der Waals surface area contributed by atoms with Gasteiger partial charge in [-0.25, -0.2) is 0 Å². The van der Waals surface area contributed by atoms with Crippen LogP contribution < -0.4 is 4.68 Å². The van der Waals surface area contributed by atoms with Gasteiger partial charge in [-0.1, -0.05) is 164 Å². The lowest BCUT2D eigenvalue weighted by Gasteiger charge is -2.21. The van der Waals surface area contributed by atoms with Gasteiger partial charge in [0.15, 0.2) is 0 Å². The van der Waals surface area contributed by atoms with Crippen LogP contribution in [-0.4, -0.2) is 14.2 Å². The molecule has 3 heterocycles. The van der Waals surface area contributed by atoms with Gasteiger partial charge in [-0.2, -0.15) is 0 Å². The molecule has 0 spiro atoms. The maximum absolute atomic E-state index is 5.55. The highest BCUT2D eigenvalue weighted by molar-refractivity contribution is 6.25. The van der Waals surface area contributed by atoms with Crippen LogP contribution in [0.3, 0.4) is 0 Å². The molecule has 0 N–H and O–H groups in total. The predicted molar refractivity (Wildman–Crippen MR) is 278 cm³/mol. The van der Waals surface area contributed by atoms with Gasteiger partial charge in [-0.05, 0) is 105 Å². The minimum Gasteiger partial charge on any atom is -0.309 e. The van der Waals surface area contributed by atoms with Crippen molar-refractivity contribution in [2.24, 2.45) is 0 Å². The smallest absolute Gasteiger partial charge is 0.238 e. The lowest BCUT2D eigenvalue weighted by atomic mass is 9.82. The molecular weight excluding hydrogens is 813 g/mol. The van der Waals surface area contributed by atoms with Gasteiger partial charge >= 0.3 is 0 Å². The minimum absolute atomic E-state index is 0.124. The van der Waals surface area contributed by atoms with Gasteiger partial charge in [0.05, 0.1) is 27.5 Å². The summed E-state index contributed by atoms with van der Waals surface area (Å²) in [4.78, 5) is 0. The molecule has 0 fully saturated rings. The molecule has 10 aromatic carbocycles. The number of rotatable bonds is 5. The van der Waals surface area contributed by atoms with E-state index in [1.54, 1.807) is 0 Å². The molecule has 4 nitrogen and oxygen atoms in total. The largest absolute Gasteiger partial charge is 0.309 e. The van der Waals surface area contributed by atoms with Crippen LogP contribution in [0, 0.1) is 0 Å². The summed E-state index contributed by atoms with van der Waals surface area (Å²) < 4.78 is 6.99. The predicted octanol–water partition coefficient (Wildman–Crippen LogP) is 15.5. The topological polar surface area (TPSA) is 26.6 Å². The van der Waals surface area contributed by atoms with Gasteiger partial charge in [-0.3, -0.25) is 0 Å². The monoisotopic (exact) mass is 855 g/mol. The van der Waals surface area contributed by atoms with Crippen molar-refractivity contribution in [3.05, 3.63) is 236 Å². The highest BCUT2D eigenvalue weighted by atomic mass is 15.3. The van der Waals surface area contributed by atoms with E-state index in [1.807, 2.05) is 0 Å². The summed E-state index contributed by atoms with van der Waals surface area (Å²) >= 11 is 0. The number of benzene rings is 10. The summed E-state index contributed by atoms with van der Waals surface area (Å²) in [6.07, 6.45) is 2.20. The van der Waals surface area contributed by atoms with E-state index in [0.717, 1.165) is 44.6 Å². The van der Waals surface area contributed by atoms with Crippen molar-refractivity contribution in [1.29, 1.82) is 0 Å². The number of aromatic nitrogens is 4. The molecular formula is C63H43N4+. The Kier molecular flexibility index (Phi) is 8.00. The van der Waals surface area contributed by atoms with E-state index in [1.165, 1.54) is 82.2 Å². The second-order valence-corrected chi connectivity index (χ2v) is 18.6. The third-order valence-electron chi connectivity index (χ3n) is 14.6. The van der Waals surface area contributed by atoms with Gasteiger partial charge < -0.3 is 9.13 Å². The molecule has 0 unspecified atom stereocenters. The zero-order chi connectivity index (χ0) is 44.4. The highest BCUT2D eigenvalue weighted by Gasteiger charge is 2.36. The molecule has 4 heteroatoms. The first kappa shape index (κ1) is 37.7. The average molecular weight is 856 g/mol. The van der Waals surface area contributed by atoms with E-state index in [4.69, 9.17) is 5.10 Å². The fourth-order valence-electron chi connectivity index (χ4n) is 11.3. The van der Waals surface area contributed by atoms with E-state index in [2.05, 4.69) is 252 Å². The lowest BCUT2D eigenvalue weighted by molar-refractivity contribution is -0.657. The molecule has 314 valence electrons. The molecule has 14 rings (SSSR count). The van der Waals surface area contributed by atoms with Crippen LogP contribution in [0.1, 0.15) is 25.0 Å². The number of para-hydroxylation sites is 2. The summed E-state index contributed by atoms with van der Waals surface area (Å²) in [5, 5.41) is 15.2. The average Bonchev–Trinajstić information content (AvgIpc) is 3.97. The van der Waals surface area contributed by atoms with Crippen molar-refractivity contribution in [3.63, 3.8) is 0 Å². The van der Waals surface area contributed by atoms with Crippen molar-refractivity contribution in [2.45, 2.75) is 19.3 Å². The Morgan fingerprint density at radius 3 is 1.90 bits per heavy atom. The summed E-state index contributed by atoms with van der Waals surface area (Å²) in [6.45, 7) is 4.67. The molecule has 0 radical (unpaired) electrons. The Morgan fingerprint density at radius 1 is 0.388 bits per heavy atom. The zero-order valence-corrected chi connectivity index (χ0v) is 37.2. The molecule has 0 bridgehead atoms.